The molecular formula is C82H132N6O28. The van der Waals surface area contributed by atoms with Crippen molar-refractivity contribution >= 4 is 82.5 Å². The summed E-state index contributed by atoms with van der Waals surface area (Å²) in [6.07, 6.45) is 16.7. The monoisotopic (exact) mass is 1650 g/mol. The molecule has 2 aromatic carbocycles. The van der Waals surface area contributed by atoms with Gasteiger partial charge in [-0.2, -0.15) is 0 Å². The summed E-state index contributed by atoms with van der Waals surface area (Å²) in [5, 5.41) is 50.3. The largest absolute Gasteiger partial charge is 0.494 e. The van der Waals surface area contributed by atoms with E-state index in [0.29, 0.717) is 95.7 Å². The van der Waals surface area contributed by atoms with Crippen LogP contribution in [-0.2, 0) is 95.5 Å². The number of hydroxylamine groups is 1. The van der Waals surface area contributed by atoms with E-state index in [2.05, 4.69) is 32.1 Å². The molecule has 2 rings (SSSR count). The van der Waals surface area contributed by atoms with Crippen molar-refractivity contribution in [2.75, 3.05) is 132 Å². The van der Waals surface area contributed by atoms with Gasteiger partial charge in [0, 0.05) is 92.5 Å². The number of unbranched alkanes of at least 4 members (excludes halogenated alkanes) is 13. The molecule has 10 N–H and O–H groups in total. The maximum Gasteiger partial charge on any atom is 0.335 e. The number of hydrogen-bond donors (Lipinski definition) is 10. The van der Waals surface area contributed by atoms with E-state index in [1.165, 1.54) is 31.2 Å². The van der Waals surface area contributed by atoms with E-state index in [1.54, 1.807) is 24.3 Å². The van der Waals surface area contributed by atoms with Gasteiger partial charge in [-0.15, -0.1) is 0 Å². The molecule has 0 saturated carbocycles. The first-order valence-corrected chi connectivity index (χ1v) is 40.7. The number of amides is 6. The molecule has 0 saturated heterocycles. The van der Waals surface area contributed by atoms with E-state index < -0.39 is 53.7 Å². The second-order valence-electron chi connectivity index (χ2n) is 28.1. The van der Waals surface area contributed by atoms with E-state index in [-0.39, 0.29) is 230 Å². The standard InChI is InChI=1S/C82H128N6O28.2H2/c1-61(22-15-16-40-83-76(96)58-111-52-48-108-44-21-25-67(91)57-110-51-50-109-47-42-85-73(93)39-38-71(82(105)106)87-75(95)27-14-10-6-4-8-12-18-46-115-69-35-30-64(31-36-69)80(101)102)72(92)56-65(62(2)89)23-19-41-84-77(97)59-113-54-55-116-88-78(98)60-112-53-49-107-43-20-24-66(90)32-37-70(81(103)104)86-74(94)26-13-9-5-3-7-11-17-45-114-68-33-28-63(29-34-68)79(99)100;;/h28-31,33-36,61,65,70-71H,3-27,32,37-60H2,1-2H3,(H,83,96)(H,84,97)(H,85,93)(H,86,94)(H,87,95)(H,88,98)(H,99,100)(H,101,102)(H,103,104)(H,105,106);2*1H/t61-,65+,70-,71-;;/m0../s1. The fourth-order valence-electron chi connectivity index (χ4n) is 11.4. The van der Waals surface area contributed by atoms with Crippen molar-refractivity contribution in [3.63, 3.8) is 0 Å². The van der Waals surface area contributed by atoms with Crippen molar-refractivity contribution in [3.8, 4) is 11.5 Å². The van der Waals surface area contributed by atoms with Crippen LogP contribution >= 0.6 is 0 Å². The third kappa shape index (κ3) is 58.0. The van der Waals surface area contributed by atoms with Crippen LogP contribution < -0.4 is 41.5 Å². The van der Waals surface area contributed by atoms with E-state index in [4.69, 9.17) is 57.7 Å². The van der Waals surface area contributed by atoms with Crippen LogP contribution in [0.15, 0.2) is 48.5 Å². The fraction of sp³-hybridized carbons (Fsp3) is 0.683. The number of Topliss-reactive ketones (excluding diaryl/α,β-unsaturated/α-hetero) is 4. The van der Waals surface area contributed by atoms with E-state index in [1.807, 2.05) is 6.92 Å². The number of ether oxygens (including phenoxy) is 9. The molecule has 4 atom stereocenters. The lowest BCUT2D eigenvalue weighted by atomic mass is 9.87. The summed E-state index contributed by atoms with van der Waals surface area (Å²) in [6, 6.07) is 10.2. The zero-order chi connectivity index (χ0) is 85.0. The number of rotatable bonds is 79. The molecule has 0 heterocycles. The van der Waals surface area contributed by atoms with Gasteiger partial charge in [-0.3, -0.25) is 52.8 Å². The molecule has 0 fully saturated rings. The molecule has 0 spiro atoms. The van der Waals surface area contributed by atoms with E-state index in [9.17, 15) is 77.3 Å². The quantitative estimate of drug-likeness (QED) is 0.0222. The fourth-order valence-corrected chi connectivity index (χ4v) is 11.4. The number of carbonyl (C=O) groups is 14. The molecular weight excluding hydrogens is 1520 g/mol. The van der Waals surface area contributed by atoms with Crippen LogP contribution in [-0.4, -0.2) is 247 Å². The summed E-state index contributed by atoms with van der Waals surface area (Å²) in [7, 11) is 0. The van der Waals surface area contributed by atoms with Gasteiger partial charge in [0.25, 0.3) is 5.91 Å². The van der Waals surface area contributed by atoms with Gasteiger partial charge >= 0.3 is 23.9 Å². The molecule has 0 bridgehead atoms. The maximum atomic E-state index is 13.0. The number of nitrogens with one attached hydrogen (secondary N) is 6. The van der Waals surface area contributed by atoms with Crippen molar-refractivity contribution in [2.24, 2.45) is 11.8 Å². The predicted octanol–water partition coefficient (Wildman–Crippen LogP) is 7.94. The first kappa shape index (κ1) is 103. The van der Waals surface area contributed by atoms with Crippen molar-refractivity contribution in [2.45, 2.75) is 219 Å². The van der Waals surface area contributed by atoms with Crippen LogP contribution in [0.3, 0.4) is 0 Å². The minimum Gasteiger partial charge on any atom is -0.494 e. The zero-order valence-electron chi connectivity index (χ0n) is 67.9. The second-order valence-corrected chi connectivity index (χ2v) is 28.1. The van der Waals surface area contributed by atoms with Gasteiger partial charge in [-0.05, 0) is 133 Å². The number of carbonyl (C=O) groups excluding carboxylic acids is 10. The molecule has 0 radical (unpaired) electrons. The highest BCUT2D eigenvalue weighted by Gasteiger charge is 2.25. The predicted molar refractivity (Wildman–Crippen MR) is 427 cm³/mol. The van der Waals surface area contributed by atoms with Crippen molar-refractivity contribution in [3.05, 3.63) is 59.7 Å². The molecule has 34 heteroatoms. The number of benzene rings is 2. The zero-order valence-corrected chi connectivity index (χ0v) is 67.9. The summed E-state index contributed by atoms with van der Waals surface area (Å²) < 4.78 is 49.0. The molecule has 34 nitrogen and oxygen atoms in total. The molecule has 0 aliphatic carbocycles. The summed E-state index contributed by atoms with van der Waals surface area (Å²) >= 11 is 0. The Hall–Kier alpha value is -8.90. The van der Waals surface area contributed by atoms with Crippen LogP contribution in [0.4, 0.5) is 0 Å². The Bertz CT molecular complexity index is 3170. The highest BCUT2D eigenvalue weighted by atomic mass is 16.7. The average Bonchev–Trinajstić information content (AvgIpc) is 0.909. The molecule has 0 aliphatic heterocycles. The van der Waals surface area contributed by atoms with Crippen LogP contribution in [0, 0.1) is 11.8 Å². The Labute approximate surface area is 683 Å². The minimum atomic E-state index is -1.22. The Morgan fingerprint density at radius 1 is 0.345 bits per heavy atom. The number of ketones is 4. The second kappa shape index (κ2) is 68.2. The Kier molecular flexibility index (Phi) is 60.6. The lowest BCUT2D eigenvalue weighted by Crippen LogP contribution is -2.41. The third-order valence-electron chi connectivity index (χ3n) is 18.1. The van der Waals surface area contributed by atoms with Crippen LogP contribution in [0.5, 0.6) is 11.5 Å². The summed E-state index contributed by atoms with van der Waals surface area (Å²) in [6.45, 7) is 5.93. The average molecular weight is 1650 g/mol. The number of hydrogen-bond acceptors (Lipinski definition) is 24. The van der Waals surface area contributed by atoms with Gasteiger partial charge in [-0.1, -0.05) is 77.6 Å². The number of aliphatic carboxylic acids is 2. The lowest BCUT2D eigenvalue weighted by molar-refractivity contribution is -0.142. The minimum absolute atomic E-state index is 0. The van der Waals surface area contributed by atoms with Gasteiger partial charge in [0.05, 0.1) is 83.8 Å². The normalized spacial score (nSPS) is 12.1. The first-order chi connectivity index (χ1) is 55.9. The highest BCUT2D eigenvalue weighted by molar-refractivity contribution is 5.90. The first-order valence-electron chi connectivity index (χ1n) is 40.7. The third-order valence-corrected chi connectivity index (χ3v) is 18.1. The molecule has 0 aromatic heterocycles. The van der Waals surface area contributed by atoms with Crippen LogP contribution in [0.2, 0.25) is 0 Å². The summed E-state index contributed by atoms with van der Waals surface area (Å²) in [5.74, 6) is -6.77. The van der Waals surface area contributed by atoms with Crippen LogP contribution in [0.25, 0.3) is 0 Å². The Morgan fingerprint density at radius 3 is 1.24 bits per heavy atom. The van der Waals surface area contributed by atoms with Gasteiger partial charge in [0.15, 0.2) is 5.78 Å². The Balaban J connectivity index is 0.0000684. The smallest absolute Gasteiger partial charge is 0.335 e. The SMILES string of the molecule is CC(=O)[C@H](CCCNC(=O)COCCONC(=O)COCCOCCCC(=O)CC[C@H](NC(=O)CCCCCCCCCOc1ccc(C(=O)O)cc1)C(=O)O)CC(=O)[C@@H](C)CCCCNC(=O)COCCOCCCC(=O)COCCOCCNC(=O)CC[C@H](NC(=O)CCCCCCCCCOc1ccc(C(=O)O)cc1)C(=O)O.[HH].[HH]. The summed E-state index contributed by atoms with van der Waals surface area (Å²) in [5.41, 5.74) is 2.61. The van der Waals surface area contributed by atoms with E-state index >= 15 is 0 Å². The molecule has 2 aromatic rings. The number of aromatic carboxylic acids is 2. The van der Waals surface area contributed by atoms with Gasteiger partial charge < -0.3 is 89.6 Å². The molecule has 6 amide bonds. The molecule has 0 unspecified atom stereocenters. The van der Waals surface area contributed by atoms with Crippen molar-refractivity contribution in [1.82, 2.24) is 32.1 Å². The molecule has 0 aliphatic rings. The van der Waals surface area contributed by atoms with Gasteiger partial charge in [-0.25, -0.2) is 24.7 Å². The van der Waals surface area contributed by atoms with Crippen molar-refractivity contribution in [1.29, 1.82) is 0 Å². The topological polar surface area (TPSA) is 484 Å². The van der Waals surface area contributed by atoms with Crippen LogP contribution in [0.1, 0.15) is 230 Å². The van der Waals surface area contributed by atoms with Gasteiger partial charge in [0.2, 0.25) is 29.5 Å². The van der Waals surface area contributed by atoms with Gasteiger partial charge in [0.1, 0.15) is 67.4 Å². The summed E-state index contributed by atoms with van der Waals surface area (Å²) in [4.78, 5) is 174. The lowest BCUT2D eigenvalue weighted by Gasteiger charge is -2.16. The molecule has 116 heavy (non-hydrogen) atoms. The van der Waals surface area contributed by atoms with Crippen molar-refractivity contribution < 1.29 is 138 Å². The number of carboxylic acid groups (broad SMARTS) is 4. The highest BCUT2D eigenvalue weighted by Crippen LogP contribution is 2.21. The number of carboxylic acids is 4. The van der Waals surface area contributed by atoms with E-state index in [0.717, 1.165) is 77.0 Å². The molecule has 658 valence electrons. The maximum absolute atomic E-state index is 13.0. The Morgan fingerprint density at radius 2 is 0.759 bits per heavy atom.